The van der Waals surface area contributed by atoms with Crippen LogP contribution in [0.3, 0.4) is 0 Å². The predicted octanol–water partition coefficient (Wildman–Crippen LogP) is -0.782. The minimum atomic E-state index is -0.666. The predicted molar refractivity (Wildman–Crippen MR) is 45.4 cm³/mol. The van der Waals surface area contributed by atoms with Crippen LogP contribution in [0.5, 0.6) is 0 Å². The van der Waals surface area contributed by atoms with Crippen LogP contribution in [0.25, 0.3) is 0 Å². The van der Waals surface area contributed by atoms with Crippen LogP contribution >= 0.6 is 0 Å². The van der Waals surface area contributed by atoms with E-state index in [-0.39, 0.29) is 11.3 Å². The summed E-state index contributed by atoms with van der Waals surface area (Å²) in [7, 11) is 0. The summed E-state index contributed by atoms with van der Waals surface area (Å²) in [5, 5.41) is 0. The lowest BCUT2D eigenvalue weighted by atomic mass is 10.1. The molecule has 0 saturated heterocycles. The highest BCUT2D eigenvalue weighted by Crippen LogP contribution is 2.05. The monoisotopic (exact) mass is 178 g/mol. The van der Waals surface area contributed by atoms with Crippen LogP contribution in [0, 0.1) is 6.42 Å². The maximum Gasteiger partial charge on any atom is 0.250 e. The first-order chi connectivity index (χ1) is 6.11. The Hall–Kier alpha value is -1.91. The minimum Gasteiger partial charge on any atom is -0.369 e. The van der Waals surface area contributed by atoms with Gasteiger partial charge in [0.1, 0.15) is 0 Å². The quantitative estimate of drug-likeness (QED) is 0.634. The van der Waals surface area contributed by atoms with Crippen molar-refractivity contribution in [3.63, 3.8) is 0 Å². The van der Waals surface area contributed by atoms with Gasteiger partial charge in [-0.2, -0.15) is 0 Å². The average molecular weight is 178 g/mol. The number of amides is 2. The SMILES string of the molecule is NC(=O)[CH]c1ncccc1C(N)=O. The van der Waals surface area contributed by atoms with E-state index in [2.05, 4.69) is 4.98 Å². The molecule has 13 heavy (non-hydrogen) atoms. The highest BCUT2D eigenvalue weighted by Gasteiger charge is 2.10. The van der Waals surface area contributed by atoms with Gasteiger partial charge in [-0.05, 0) is 12.1 Å². The summed E-state index contributed by atoms with van der Waals surface area (Å²) in [6.45, 7) is 0. The van der Waals surface area contributed by atoms with Crippen LogP contribution in [0.1, 0.15) is 16.1 Å². The number of carbonyl (C=O) groups is 2. The van der Waals surface area contributed by atoms with Crippen molar-refractivity contribution in [1.82, 2.24) is 4.98 Å². The van der Waals surface area contributed by atoms with Gasteiger partial charge in [-0.15, -0.1) is 0 Å². The van der Waals surface area contributed by atoms with Crippen molar-refractivity contribution >= 4 is 11.8 Å². The highest BCUT2D eigenvalue weighted by molar-refractivity contribution is 5.97. The topological polar surface area (TPSA) is 99.1 Å². The fourth-order valence-electron chi connectivity index (χ4n) is 0.876. The van der Waals surface area contributed by atoms with Gasteiger partial charge in [0.2, 0.25) is 5.91 Å². The van der Waals surface area contributed by atoms with E-state index in [1.165, 1.54) is 12.3 Å². The van der Waals surface area contributed by atoms with E-state index in [0.717, 1.165) is 6.42 Å². The van der Waals surface area contributed by atoms with Gasteiger partial charge in [-0.1, -0.05) is 0 Å². The molecule has 0 fully saturated rings. The van der Waals surface area contributed by atoms with Crippen LogP contribution < -0.4 is 11.5 Å². The number of primary amides is 2. The summed E-state index contributed by atoms with van der Waals surface area (Å²) in [5.41, 5.74) is 10.3. The summed E-state index contributed by atoms with van der Waals surface area (Å²) >= 11 is 0. The molecule has 2 amide bonds. The van der Waals surface area contributed by atoms with E-state index in [1.807, 2.05) is 0 Å². The number of carbonyl (C=O) groups excluding carboxylic acids is 2. The van der Waals surface area contributed by atoms with Crippen molar-refractivity contribution < 1.29 is 9.59 Å². The Morgan fingerprint density at radius 2 is 2.08 bits per heavy atom. The van der Waals surface area contributed by atoms with Gasteiger partial charge < -0.3 is 11.5 Å². The molecule has 0 atom stereocenters. The third kappa shape index (κ3) is 2.26. The van der Waals surface area contributed by atoms with Gasteiger partial charge in [0.25, 0.3) is 5.91 Å². The third-order valence-electron chi connectivity index (χ3n) is 1.38. The first-order valence-corrected chi connectivity index (χ1v) is 3.50. The summed E-state index contributed by atoms with van der Waals surface area (Å²) in [6, 6.07) is 3.03. The van der Waals surface area contributed by atoms with E-state index in [9.17, 15) is 9.59 Å². The Kier molecular flexibility index (Phi) is 2.59. The zero-order valence-corrected chi connectivity index (χ0v) is 6.73. The molecule has 1 aromatic heterocycles. The van der Waals surface area contributed by atoms with Gasteiger partial charge in [-0.3, -0.25) is 14.6 Å². The Bertz CT molecular complexity index is 349. The van der Waals surface area contributed by atoms with Crippen molar-refractivity contribution in [2.75, 3.05) is 0 Å². The second-order valence-corrected chi connectivity index (χ2v) is 2.35. The molecule has 0 aliphatic rings. The number of nitrogens with zero attached hydrogens (tertiary/aromatic N) is 1. The van der Waals surface area contributed by atoms with E-state index >= 15 is 0 Å². The molecule has 0 spiro atoms. The maximum atomic E-state index is 10.8. The summed E-state index contributed by atoms with van der Waals surface area (Å²) in [4.78, 5) is 25.1. The van der Waals surface area contributed by atoms with Crippen LogP contribution in [0.15, 0.2) is 18.3 Å². The highest BCUT2D eigenvalue weighted by atomic mass is 16.1. The van der Waals surface area contributed by atoms with Gasteiger partial charge in [0, 0.05) is 6.20 Å². The zero-order valence-electron chi connectivity index (χ0n) is 6.73. The molecular weight excluding hydrogens is 170 g/mol. The van der Waals surface area contributed by atoms with Crippen LogP contribution in [-0.4, -0.2) is 16.8 Å². The van der Waals surface area contributed by atoms with Crippen LogP contribution in [0.2, 0.25) is 0 Å². The first kappa shape index (κ1) is 9.18. The zero-order chi connectivity index (χ0) is 9.84. The number of pyridine rings is 1. The van der Waals surface area contributed by atoms with Gasteiger partial charge in [0.15, 0.2) is 0 Å². The van der Waals surface area contributed by atoms with Crippen LogP contribution in [-0.2, 0) is 4.79 Å². The van der Waals surface area contributed by atoms with Gasteiger partial charge >= 0.3 is 0 Å². The van der Waals surface area contributed by atoms with Gasteiger partial charge in [0.05, 0.1) is 17.7 Å². The number of aromatic nitrogens is 1. The Morgan fingerprint density at radius 1 is 1.38 bits per heavy atom. The van der Waals surface area contributed by atoms with E-state index in [1.54, 1.807) is 6.07 Å². The van der Waals surface area contributed by atoms with Crippen molar-refractivity contribution in [2.45, 2.75) is 0 Å². The largest absolute Gasteiger partial charge is 0.369 e. The van der Waals surface area contributed by atoms with Crippen LogP contribution in [0.4, 0.5) is 0 Å². The standard InChI is InChI=1S/C8H8N3O2/c9-7(12)4-6-5(8(10)13)2-1-3-11-6/h1-4H,(H2,9,12)(H2,10,13). The summed E-state index contributed by atoms with van der Waals surface area (Å²) in [6.07, 6.45) is 2.50. The lowest BCUT2D eigenvalue weighted by Crippen LogP contribution is -2.18. The molecule has 0 bridgehead atoms. The average Bonchev–Trinajstić information content (AvgIpc) is 2.03. The van der Waals surface area contributed by atoms with Crippen molar-refractivity contribution in [3.05, 3.63) is 36.0 Å². The smallest absolute Gasteiger partial charge is 0.250 e. The fourth-order valence-corrected chi connectivity index (χ4v) is 0.876. The first-order valence-electron chi connectivity index (χ1n) is 3.50. The lowest BCUT2D eigenvalue weighted by molar-refractivity contribution is -0.114. The number of rotatable bonds is 3. The Morgan fingerprint density at radius 3 is 2.62 bits per heavy atom. The molecule has 0 aliphatic heterocycles. The fraction of sp³-hybridized carbons (Fsp3) is 0. The third-order valence-corrected chi connectivity index (χ3v) is 1.38. The summed E-state index contributed by atoms with van der Waals surface area (Å²) in [5.74, 6) is -1.30. The van der Waals surface area contributed by atoms with Crippen molar-refractivity contribution in [1.29, 1.82) is 0 Å². The molecule has 1 rings (SSSR count). The van der Waals surface area contributed by atoms with E-state index < -0.39 is 11.8 Å². The van der Waals surface area contributed by atoms with E-state index in [4.69, 9.17) is 11.5 Å². The molecule has 67 valence electrons. The molecule has 5 heteroatoms. The molecule has 0 unspecified atom stereocenters. The lowest BCUT2D eigenvalue weighted by Gasteiger charge is -2.01. The molecule has 0 aromatic carbocycles. The molecular formula is C8H8N3O2. The van der Waals surface area contributed by atoms with Gasteiger partial charge in [-0.25, -0.2) is 0 Å². The second kappa shape index (κ2) is 3.66. The Balaban J connectivity index is 3.04. The number of hydrogen-bond donors (Lipinski definition) is 2. The number of nitrogens with two attached hydrogens (primary N) is 2. The van der Waals surface area contributed by atoms with E-state index in [0.29, 0.717) is 0 Å². The van der Waals surface area contributed by atoms with Crippen molar-refractivity contribution in [2.24, 2.45) is 11.5 Å². The molecule has 0 saturated carbocycles. The molecule has 1 heterocycles. The second-order valence-electron chi connectivity index (χ2n) is 2.35. The normalized spacial score (nSPS) is 9.54. The molecule has 1 aromatic rings. The molecule has 1 radical (unpaired) electrons. The maximum absolute atomic E-state index is 10.8. The molecule has 4 N–H and O–H groups in total. The minimum absolute atomic E-state index is 0.182. The summed E-state index contributed by atoms with van der Waals surface area (Å²) < 4.78 is 0. The molecule has 5 nitrogen and oxygen atoms in total. The molecule has 0 aliphatic carbocycles. The Labute approximate surface area is 74.7 Å². The van der Waals surface area contributed by atoms with Crippen molar-refractivity contribution in [3.8, 4) is 0 Å². The number of hydrogen-bond acceptors (Lipinski definition) is 3.